The molecule has 1 aromatic heterocycles. The first-order chi connectivity index (χ1) is 11.8. The molecule has 0 unspecified atom stereocenters. The Bertz CT molecular complexity index is 563. The SMILES string of the molecule is CCCCCCCCCCC(C)(C)C(=O)n1ccc(Cl)c1C(=O)OC. The molecular formula is C20H32ClNO3. The van der Waals surface area contributed by atoms with Gasteiger partial charge in [-0.3, -0.25) is 9.36 Å². The molecule has 0 atom stereocenters. The number of halogens is 1. The molecule has 0 saturated heterocycles. The molecule has 0 aliphatic carbocycles. The molecule has 142 valence electrons. The van der Waals surface area contributed by atoms with Crippen LogP contribution >= 0.6 is 11.6 Å². The standard InChI is InChI=1S/C20H32ClNO3/c1-5-6-7-8-9-10-11-12-14-20(2,3)19(24)22-15-13-16(21)17(22)18(23)25-4/h13,15H,5-12,14H2,1-4H3. The van der Waals surface area contributed by atoms with Crippen molar-refractivity contribution < 1.29 is 14.3 Å². The van der Waals surface area contributed by atoms with Crippen molar-refractivity contribution in [2.75, 3.05) is 7.11 Å². The molecule has 0 spiro atoms. The highest BCUT2D eigenvalue weighted by molar-refractivity contribution is 6.33. The van der Waals surface area contributed by atoms with Crippen LogP contribution in [0.5, 0.6) is 0 Å². The van der Waals surface area contributed by atoms with Gasteiger partial charge in [0.2, 0.25) is 5.91 Å². The van der Waals surface area contributed by atoms with Crippen molar-refractivity contribution in [3.8, 4) is 0 Å². The van der Waals surface area contributed by atoms with Crippen LogP contribution in [0.15, 0.2) is 12.3 Å². The fraction of sp³-hybridized carbons (Fsp3) is 0.700. The van der Waals surface area contributed by atoms with Gasteiger partial charge >= 0.3 is 5.97 Å². The Morgan fingerprint density at radius 1 is 1.08 bits per heavy atom. The lowest BCUT2D eigenvalue weighted by Gasteiger charge is -2.24. The highest BCUT2D eigenvalue weighted by Gasteiger charge is 2.32. The van der Waals surface area contributed by atoms with Gasteiger partial charge in [0.25, 0.3) is 0 Å². The normalized spacial score (nSPS) is 11.6. The van der Waals surface area contributed by atoms with Crippen LogP contribution in [0, 0.1) is 5.41 Å². The molecular weight excluding hydrogens is 338 g/mol. The second-order valence-corrected chi connectivity index (χ2v) is 7.69. The summed E-state index contributed by atoms with van der Waals surface area (Å²) < 4.78 is 6.07. The highest BCUT2D eigenvalue weighted by atomic mass is 35.5. The van der Waals surface area contributed by atoms with Gasteiger partial charge in [-0.1, -0.05) is 83.7 Å². The lowest BCUT2D eigenvalue weighted by atomic mass is 9.85. The monoisotopic (exact) mass is 369 g/mol. The first kappa shape index (κ1) is 21.8. The van der Waals surface area contributed by atoms with Crippen LogP contribution in [0.25, 0.3) is 0 Å². The number of hydrogen-bond donors (Lipinski definition) is 0. The summed E-state index contributed by atoms with van der Waals surface area (Å²) in [4.78, 5) is 24.7. The molecule has 0 bridgehead atoms. The Hall–Kier alpha value is -1.29. The van der Waals surface area contributed by atoms with Crippen molar-refractivity contribution in [2.45, 2.75) is 78.6 Å². The van der Waals surface area contributed by atoms with Crippen LogP contribution in [-0.2, 0) is 4.74 Å². The highest BCUT2D eigenvalue weighted by Crippen LogP contribution is 2.29. The predicted octanol–water partition coefficient (Wildman–Crippen LogP) is 6.13. The summed E-state index contributed by atoms with van der Waals surface area (Å²) in [7, 11) is 1.28. The summed E-state index contributed by atoms with van der Waals surface area (Å²) in [5.74, 6) is -0.714. The maximum atomic E-state index is 12.9. The van der Waals surface area contributed by atoms with Gasteiger partial charge < -0.3 is 4.74 Å². The average molecular weight is 370 g/mol. The number of nitrogens with zero attached hydrogens (tertiary/aromatic N) is 1. The first-order valence-electron chi connectivity index (χ1n) is 9.35. The fourth-order valence-corrected chi connectivity index (χ4v) is 3.23. The van der Waals surface area contributed by atoms with E-state index in [-0.39, 0.29) is 16.6 Å². The van der Waals surface area contributed by atoms with Gasteiger partial charge in [0.1, 0.15) is 0 Å². The summed E-state index contributed by atoms with van der Waals surface area (Å²) >= 11 is 6.04. The summed E-state index contributed by atoms with van der Waals surface area (Å²) in [5, 5.41) is 0.239. The van der Waals surface area contributed by atoms with Crippen LogP contribution < -0.4 is 0 Å². The van der Waals surface area contributed by atoms with Crippen LogP contribution in [0.3, 0.4) is 0 Å². The molecule has 0 aliphatic rings. The Morgan fingerprint density at radius 3 is 2.20 bits per heavy atom. The molecule has 0 saturated carbocycles. The van der Waals surface area contributed by atoms with Crippen molar-refractivity contribution >= 4 is 23.5 Å². The van der Waals surface area contributed by atoms with E-state index in [0.29, 0.717) is 0 Å². The van der Waals surface area contributed by atoms with E-state index in [9.17, 15) is 9.59 Å². The number of unbranched alkanes of at least 4 members (excludes halogenated alkanes) is 7. The molecule has 0 fully saturated rings. The van der Waals surface area contributed by atoms with E-state index in [2.05, 4.69) is 6.92 Å². The zero-order valence-corrected chi connectivity index (χ0v) is 16.8. The van der Waals surface area contributed by atoms with Crippen LogP contribution in [0.1, 0.15) is 93.8 Å². The lowest BCUT2D eigenvalue weighted by Crippen LogP contribution is -2.31. The average Bonchev–Trinajstić information content (AvgIpc) is 2.97. The number of hydrogen-bond acceptors (Lipinski definition) is 3. The summed E-state index contributed by atoms with van der Waals surface area (Å²) in [6, 6.07) is 1.55. The van der Waals surface area contributed by atoms with Gasteiger partial charge in [-0.2, -0.15) is 0 Å². The number of ether oxygens (including phenoxy) is 1. The second-order valence-electron chi connectivity index (χ2n) is 7.29. The van der Waals surface area contributed by atoms with Gasteiger partial charge in [0, 0.05) is 11.6 Å². The van der Waals surface area contributed by atoms with E-state index in [4.69, 9.17) is 16.3 Å². The third-order valence-electron chi connectivity index (χ3n) is 4.67. The van der Waals surface area contributed by atoms with E-state index >= 15 is 0 Å². The number of rotatable bonds is 11. The molecule has 0 aliphatic heterocycles. The van der Waals surface area contributed by atoms with Crippen molar-refractivity contribution in [3.63, 3.8) is 0 Å². The Morgan fingerprint density at radius 2 is 1.64 bits per heavy atom. The fourth-order valence-electron chi connectivity index (χ4n) is 3.00. The van der Waals surface area contributed by atoms with Crippen molar-refractivity contribution in [3.05, 3.63) is 23.0 Å². The molecule has 5 heteroatoms. The summed E-state index contributed by atoms with van der Waals surface area (Å²) in [6.45, 7) is 6.07. The molecule has 1 rings (SSSR count). The molecule has 0 amide bonds. The molecule has 0 radical (unpaired) electrons. The number of aromatic nitrogens is 1. The van der Waals surface area contributed by atoms with Crippen LogP contribution in [0.4, 0.5) is 0 Å². The smallest absolute Gasteiger partial charge is 0.356 e. The number of carbonyl (C=O) groups excluding carboxylic acids is 2. The van der Waals surface area contributed by atoms with E-state index in [1.165, 1.54) is 50.2 Å². The third kappa shape index (κ3) is 6.50. The van der Waals surface area contributed by atoms with E-state index in [1.54, 1.807) is 12.3 Å². The number of carbonyl (C=O) groups is 2. The van der Waals surface area contributed by atoms with E-state index < -0.39 is 11.4 Å². The maximum Gasteiger partial charge on any atom is 0.356 e. The Balaban J connectivity index is 2.53. The minimum absolute atomic E-state index is 0.109. The predicted molar refractivity (Wildman–Crippen MR) is 102 cm³/mol. The molecule has 0 aromatic carbocycles. The minimum Gasteiger partial charge on any atom is -0.464 e. The Labute approximate surface area is 156 Å². The van der Waals surface area contributed by atoms with E-state index in [0.717, 1.165) is 19.3 Å². The number of esters is 1. The van der Waals surface area contributed by atoms with Crippen molar-refractivity contribution in [2.24, 2.45) is 5.41 Å². The van der Waals surface area contributed by atoms with Gasteiger partial charge in [-0.05, 0) is 12.5 Å². The largest absolute Gasteiger partial charge is 0.464 e. The van der Waals surface area contributed by atoms with Crippen molar-refractivity contribution in [1.29, 1.82) is 0 Å². The molecule has 1 heterocycles. The lowest BCUT2D eigenvalue weighted by molar-refractivity contribution is 0.0566. The van der Waals surface area contributed by atoms with Gasteiger partial charge in [0.15, 0.2) is 5.69 Å². The minimum atomic E-state index is -0.591. The quantitative estimate of drug-likeness (QED) is 0.348. The molecule has 4 nitrogen and oxygen atoms in total. The van der Waals surface area contributed by atoms with E-state index in [1.807, 2.05) is 13.8 Å². The van der Waals surface area contributed by atoms with Gasteiger partial charge in [-0.25, -0.2) is 4.79 Å². The Kier molecular flexibility index (Phi) is 9.26. The van der Waals surface area contributed by atoms with Gasteiger partial charge in [0.05, 0.1) is 12.1 Å². The summed E-state index contributed by atoms with van der Waals surface area (Å²) in [6.07, 6.45) is 12.2. The van der Waals surface area contributed by atoms with Crippen molar-refractivity contribution in [1.82, 2.24) is 4.57 Å². The molecule has 0 N–H and O–H groups in total. The topological polar surface area (TPSA) is 48.3 Å². The molecule has 1 aromatic rings. The van der Waals surface area contributed by atoms with Gasteiger partial charge in [-0.15, -0.1) is 0 Å². The molecule has 25 heavy (non-hydrogen) atoms. The zero-order valence-electron chi connectivity index (χ0n) is 16.1. The third-order valence-corrected chi connectivity index (χ3v) is 4.97. The first-order valence-corrected chi connectivity index (χ1v) is 9.73. The zero-order chi connectivity index (χ0) is 18.9. The van der Waals surface area contributed by atoms with Crippen LogP contribution in [0.2, 0.25) is 5.02 Å². The maximum absolute atomic E-state index is 12.9. The van der Waals surface area contributed by atoms with Crippen LogP contribution in [-0.4, -0.2) is 23.6 Å². The second kappa shape index (κ2) is 10.6. The number of methoxy groups -OCH3 is 1. The summed E-state index contributed by atoms with van der Waals surface area (Å²) in [5.41, 5.74) is -0.439.